The number of piperidine rings is 1. The Bertz CT molecular complexity index is 492. The van der Waals surface area contributed by atoms with Crippen LogP contribution in [0.25, 0.3) is 0 Å². The molecule has 0 saturated carbocycles. The van der Waals surface area contributed by atoms with Gasteiger partial charge in [0.25, 0.3) is 0 Å². The molecular formula is C19H30N2O2. The van der Waals surface area contributed by atoms with E-state index in [-0.39, 0.29) is 0 Å². The molecule has 1 atom stereocenters. The fourth-order valence-corrected chi connectivity index (χ4v) is 3.81. The van der Waals surface area contributed by atoms with Crippen LogP contribution in [-0.2, 0) is 11.3 Å². The Kier molecular flexibility index (Phi) is 5.57. The molecule has 0 aromatic heterocycles. The molecule has 0 spiro atoms. The molecule has 2 heterocycles. The number of nitrogens with zero attached hydrogens (tertiary/aromatic N) is 1. The van der Waals surface area contributed by atoms with Crippen LogP contribution in [0, 0.1) is 5.41 Å². The molecule has 3 rings (SSSR count). The summed E-state index contributed by atoms with van der Waals surface area (Å²) >= 11 is 0. The van der Waals surface area contributed by atoms with Gasteiger partial charge in [-0.25, -0.2) is 0 Å². The van der Waals surface area contributed by atoms with Crippen molar-refractivity contribution in [3.05, 3.63) is 29.8 Å². The van der Waals surface area contributed by atoms with Crippen LogP contribution >= 0.6 is 0 Å². The molecule has 0 bridgehead atoms. The fourth-order valence-electron chi connectivity index (χ4n) is 3.81. The number of benzene rings is 1. The van der Waals surface area contributed by atoms with Crippen LogP contribution in [0.15, 0.2) is 24.3 Å². The molecule has 128 valence electrons. The van der Waals surface area contributed by atoms with E-state index in [1.54, 1.807) is 7.11 Å². The van der Waals surface area contributed by atoms with Crippen LogP contribution in [0.2, 0.25) is 0 Å². The summed E-state index contributed by atoms with van der Waals surface area (Å²) < 4.78 is 11.5. The molecule has 0 radical (unpaired) electrons. The second kappa shape index (κ2) is 7.65. The summed E-state index contributed by atoms with van der Waals surface area (Å²) in [5, 5.41) is 3.50. The van der Waals surface area contributed by atoms with Crippen molar-refractivity contribution in [1.29, 1.82) is 0 Å². The summed E-state index contributed by atoms with van der Waals surface area (Å²) in [6, 6.07) is 8.12. The second-order valence-corrected chi connectivity index (χ2v) is 7.34. The maximum absolute atomic E-state index is 6.14. The zero-order valence-electron chi connectivity index (χ0n) is 14.5. The van der Waals surface area contributed by atoms with E-state index in [0.717, 1.165) is 43.8 Å². The highest BCUT2D eigenvalue weighted by molar-refractivity contribution is 5.32. The molecule has 1 aromatic carbocycles. The quantitative estimate of drug-likeness (QED) is 0.874. The van der Waals surface area contributed by atoms with Crippen molar-refractivity contribution < 1.29 is 9.47 Å². The lowest BCUT2D eigenvalue weighted by atomic mass is 9.88. The minimum absolute atomic E-state index is 0.380. The van der Waals surface area contributed by atoms with Crippen molar-refractivity contribution in [2.24, 2.45) is 5.41 Å². The fraction of sp³-hybridized carbons (Fsp3) is 0.684. The molecular weight excluding hydrogens is 288 g/mol. The molecule has 4 nitrogen and oxygen atoms in total. The Morgan fingerprint density at radius 2 is 2.04 bits per heavy atom. The van der Waals surface area contributed by atoms with Crippen molar-refractivity contribution >= 4 is 0 Å². The van der Waals surface area contributed by atoms with Crippen LogP contribution in [0.4, 0.5) is 0 Å². The van der Waals surface area contributed by atoms with Crippen molar-refractivity contribution in [1.82, 2.24) is 10.2 Å². The van der Waals surface area contributed by atoms with Crippen molar-refractivity contribution in [2.75, 3.05) is 39.8 Å². The lowest BCUT2D eigenvalue weighted by Gasteiger charge is -2.37. The number of para-hydroxylation sites is 1. The first-order valence-electron chi connectivity index (χ1n) is 8.85. The predicted octanol–water partition coefficient (Wildman–Crippen LogP) is 2.68. The van der Waals surface area contributed by atoms with Crippen molar-refractivity contribution in [3.8, 4) is 5.75 Å². The van der Waals surface area contributed by atoms with E-state index >= 15 is 0 Å². The van der Waals surface area contributed by atoms with E-state index in [2.05, 4.69) is 23.2 Å². The lowest BCUT2D eigenvalue weighted by Crippen LogP contribution is -2.43. The Hall–Kier alpha value is -1.10. The molecule has 2 saturated heterocycles. The summed E-state index contributed by atoms with van der Waals surface area (Å²) in [7, 11) is 1.72. The molecule has 4 heteroatoms. The number of rotatable bonds is 6. The van der Waals surface area contributed by atoms with Crippen LogP contribution in [0.1, 0.15) is 31.7 Å². The normalized spacial score (nSPS) is 26.5. The minimum atomic E-state index is 0.380. The molecule has 1 N–H and O–H groups in total. The topological polar surface area (TPSA) is 33.7 Å². The molecule has 1 aromatic rings. The molecule has 2 aliphatic rings. The summed E-state index contributed by atoms with van der Waals surface area (Å²) in [6.07, 6.45) is 3.96. The largest absolute Gasteiger partial charge is 0.496 e. The van der Waals surface area contributed by atoms with E-state index in [4.69, 9.17) is 9.47 Å². The summed E-state index contributed by atoms with van der Waals surface area (Å²) in [5.41, 5.74) is 1.60. The van der Waals surface area contributed by atoms with E-state index < -0.39 is 0 Å². The Balaban J connectivity index is 1.42. The van der Waals surface area contributed by atoms with Gasteiger partial charge in [0, 0.05) is 31.7 Å². The number of hydrogen-bond donors (Lipinski definition) is 1. The number of nitrogens with one attached hydrogen (secondary N) is 1. The first kappa shape index (κ1) is 16.7. The Labute approximate surface area is 140 Å². The van der Waals surface area contributed by atoms with Gasteiger partial charge in [0.15, 0.2) is 0 Å². The SMILES string of the molecule is COc1ccccc1COC1CCN(CC2(C)CCNC2)CC1. The third kappa shape index (κ3) is 4.46. The van der Waals surface area contributed by atoms with Gasteiger partial charge in [-0.3, -0.25) is 0 Å². The highest BCUT2D eigenvalue weighted by atomic mass is 16.5. The number of hydrogen-bond acceptors (Lipinski definition) is 4. The standard InChI is InChI=1S/C19H30N2O2/c1-19(9-10-20-14-19)15-21-11-7-17(8-12-21)23-13-16-5-3-4-6-18(16)22-2/h3-6,17,20H,7-15H2,1-2H3. The third-order valence-corrected chi connectivity index (χ3v) is 5.26. The van der Waals surface area contributed by atoms with Gasteiger partial charge in [-0.2, -0.15) is 0 Å². The van der Waals surface area contributed by atoms with Gasteiger partial charge < -0.3 is 19.7 Å². The van der Waals surface area contributed by atoms with Gasteiger partial charge in [0.1, 0.15) is 5.75 Å². The zero-order chi connectivity index (χ0) is 16.1. The van der Waals surface area contributed by atoms with E-state index in [1.165, 1.54) is 19.5 Å². The van der Waals surface area contributed by atoms with Gasteiger partial charge >= 0.3 is 0 Å². The minimum Gasteiger partial charge on any atom is -0.496 e. The van der Waals surface area contributed by atoms with Crippen LogP contribution < -0.4 is 10.1 Å². The average molecular weight is 318 g/mol. The van der Waals surface area contributed by atoms with E-state index in [1.807, 2.05) is 18.2 Å². The van der Waals surface area contributed by atoms with Gasteiger partial charge in [-0.15, -0.1) is 0 Å². The summed E-state index contributed by atoms with van der Waals surface area (Å²) in [5.74, 6) is 0.923. The number of ether oxygens (including phenoxy) is 2. The van der Waals surface area contributed by atoms with E-state index in [9.17, 15) is 0 Å². The number of likely N-dealkylation sites (tertiary alicyclic amines) is 1. The first-order chi connectivity index (χ1) is 11.2. The highest BCUT2D eigenvalue weighted by Gasteiger charge is 2.32. The summed E-state index contributed by atoms with van der Waals surface area (Å²) in [4.78, 5) is 2.62. The molecule has 2 aliphatic heterocycles. The summed E-state index contributed by atoms with van der Waals surface area (Å²) in [6.45, 7) is 8.94. The third-order valence-electron chi connectivity index (χ3n) is 5.26. The van der Waals surface area contributed by atoms with Gasteiger partial charge in [-0.1, -0.05) is 25.1 Å². The lowest BCUT2D eigenvalue weighted by molar-refractivity contribution is -0.00913. The van der Waals surface area contributed by atoms with E-state index in [0.29, 0.717) is 18.1 Å². The van der Waals surface area contributed by atoms with Crippen LogP contribution in [-0.4, -0.2) is 50.8 Å². The van der Waals surface area contributed by atoms with Crippen LogP contribution in [0.5, 0.6) is 5.75 Å². The molecule has 0 aliphatic carbocycles. The predicted molar refractivity (Wildman–Crippen MR) is 92.8 cm³/mol. The maximum atomic E-state index is 6.14. The van der Waals surface area contributed by atoms with Crippen LogP contribution in [0.3, 0.4) is 0 Å². The molecule has 23 heavy (non-hydrogen) atoms. The molecule has 1 unspecified atom stereocenters. The first-order valence-corrected chi connectivity index (χ1v) is 8.85. The average Bonchev–Trinajstić information content (AvgIpc) is 3.00. The van der Waals surface area contributed by atoms with Gasteiger partial charge in [0.2, 0.25) is 0 Å². The van der Waals surface area contributed by atoms with Crippen molar-refractivity contribution in [3.63, 3.8) is 0 Å². The Morgan fingerprint density at radius 1 is 1.26 bits per heavy atom. The highest BCUT2D eigenvalue weighted by Crippen LogP contribution is 2.28. The van der Waals surface area contributed by atoms with Gasteiger partial charge in [-0.05, 0) is 37.3 Å². The molecule has 2 fully saturated rings. The molecule has 0 amide bonds. The van der Waals surface area contributed by atoms with Crippen molar-refractivity contribution in [2.45, 2.75) is 38.9 Å². The monoisotopic (exact) mass is 318 g/mol. The smallest absolute Gasteiger partial charge is 0.124 e. The van der Waals surface area contributed by atoms with Gasteiger partial charge in [0.05, 0.1) is 19.8 Å². The zero-order valence-corrected chi connectivity index (χ0v) is 14.5. The number of methoxy groups -OCH3 is 1. The second-order valence-electron chi connectivity index (χ2n) is 7.34. The maximum Gasteiger partial charge on any atom is 0.124 e. The Morgan fingerprint density at radius 3 is 2.74 bits per heavy atom.